The Bertz CT molecular complexity index is 883. The van der Waals surface area contributed by atoms with E-state index < -0.39 is 18.0 Å². The summed E-state index contributed by atoms with van der Waals surface area (Å²) in [6, 6.07) is 15.4. The molecule has 0 bridgehead atoms. The van der Waals surface area contributed by atoms with Gasteiger partial charge in [0.1, 0.15) is 0 Å². The second kappa shape index (κ2) is 16.4. The van der Waals surface area contributed by atoms with Crippen molar-refractivity contribution in [1.82, 2.24) is 0 Å². The Labute approximate surface area is 214 Å². The summed E-state index contributed by atoms with van der Waals surface area (Å²) in [7, 11) is 0. The number of aliphatic hydroxyl groups is 1. The highest BCUT2D eigenvalue weighted by Gasteiger charge is 2.21. The maximum atomic E-state index is 11.9. The molecule has 0 fully saturated rings. The minimum atomic E-state index is -0.849. The van der Waals surface area contributed by atoms with Crippen LogP contribution in [0.4, 0.5) is 5.69 Å². The maximum Gasteiger partial charge on any atom is 0.310 e. The number of unbranched alkanes of at least 4 members (excludes halogenated alkanes) is 6. The number of rotatable bonds is 17. The second-order valence-corrected chi connectivity index (χ2v) is 10.3. The quantitative estimate of drug-likeness (QED) is 0.160. The number of carboxylic acid groups (broad SMARTS) is 1. The van der Waals surface area contributed by atoms with Gasteiger partial charge in [0, 0.05) is 23.3 Å². The van der Waals surface area contributed by atoms with Crippen molar-refractivity contribution in [3.05, 3.63) is 59.7 Å². The van der Waals surface area contributed by atoms with Crippen LogP contribution in [0, 0.1) is 0 Å². The summed E-state index contributed by atoms with van der Waals surface area (Å²) in [5, 5.41) is 22.9. The molecule has 1 amide bonds. The van der Waals surface area contributed by atoms with Crippen LogP contribution in [0.25, 0.3) is 0 Å². The first-order valence-corrected chi connectivity index (χ1v) is 13.9. The van der Waals surface area contributed by atoms with Gasteiger partial charge in [0.05, 0.1) is 12.0 Å². The molecule has 0 heterocycles. The molecule has 0 aliphatic heterocycles. The lowest BCUT2D eigenvalue weighted by atomic mass is 9.92. The van der Waals surface area contributed by atoms with E-state index in [1.54, 1.807) is 0 Å². The molecule has 0 spiro atoms. The van der Waals surface area contributed by atoms with Crippen LogP contribution in [0.1, 0.15) is 88.7 Å². The first-order valence-electron chi connectivity index (χ1n) is 12.9. The molecular weight excluding hydrogens is 458 g/mol. The summed E-state index contributed by atoms with van der Waals surface area (Å²) in [5.41, 5.74) is 2.79. The van der Waals surface area contributed by atoms with Gasteiger partial charge < -0.3 is 15.5 Å². The number of carbonyl (C=O) groups excluding carboxylic acids is 1. The Kier molecular flexibility index (Phi) is 13.5. The van der Waals surface area contributed by atoms with Crippen molar-refractivity contribution < 1.29 is 19.8 Å². The predicted molar refractivity (Wildman–Crippen MR) is 145 cm³/mol. The van der Waals surface area contributed by atoms with Gasteiger partial charge in [0.2, 0.25) is 5.91 Å². The molecule has 0 aliphatic carbocycles. The first kappa shape index (κ1) is 28.9. The molecule has 0 aliphatic rings. The summed E-state index contributed by atoms with van der Waals surface area (Å²) in [5.74, 6) is -1.09. The van der Waals surface area contributed by atoms with Crippen LogP contribution in [-0.4, -0.2) is 33.9 Å². The van der Waals surface area contributed by atoms with Crippen molar-refractivity contribution in [3.63, 3.8) is 0 Å². The summed E-state index contributed by atoms with van der Waals surface area (Å²) < 4.78 is 0. The van der Waals surface area contributed by atoms with Crippen LogP contribution < -0.4 is 5.32 Å². The van der Waals surface area contributed by atoms with Crippen LogP contribution in [-0.2, 0) is 16.0 Å². The number of aliphatic carboxylic acids is 1. The fraction of sp³-hybridized carbons (Fsp3) is 0.517. The van der Waals surface area contributed by atoms with Gasteiger partial charge >= 0.3 is 5.97 Å². The van der Waals surface area contributed by atoms with E-state index in [2.05, 4.69) is 24.4 Å². The van der Waals surface area contributed by atoms with E-state index in [4.69, 9.17) is 0 Å². The van der Waals surface area contributed by atoms with Gasteiger partial charge in [-0.15, -0.1) is 11.8 Å². The standard InChI is InChI=1S/C29H41NO4S/c1-3-4-5-6-7-8-9-10-23-11-13-24(14-12-23)28(29(33)34)20-17-26(32)21-35-27-18-15-25(16-19-27)30-22(2)31/h11-16,18-19,26,28,32H,3-10,17,20-21H2,1-2H3,(H,30,31)(H,33,34). The Morgan fingerprint density at radius 3 is 2.11 bits per heavy atom. The average molecular weight is 500 g/mol. The van der Waals surface area contributed by atoms with Crippen LogP contribution in [0.15, 0.2) is 53.4 Å². The minimum Gasteiger partial charge on any atom is -0.481 e. The third kappa shape index (κ3) is 11.8. The summed E-state index contributed by atoms with van der Waals surface area (Å²) in [6.45, 7) is 3.70. The molecule has 0 aromatic heterocycles. The van der Waals surface area contributed by atoms with Crippen molar-refractivity contribution in [2.45, 2.75) is 95.0 Å². The molecule has 3 N–H and O–H groups in total. The molecule has 2 rings (SSSR count). The van der Waals surface area contributed by atoms with Gasteiger partial charge in [-0.2, -0.15) is 0 Å². The third-order valence-corrected chi connectivity index (χ3v) is 7.31. The lowest BCUT2D eigenvalue weighted by Gasteiger charge is -2.16. The average Bonchev–Trinajstić information content (AvgIpc) is 2.83. The van der Waals surface area contributed by atoms with E-state index in [0.717, 1.165) is 22.6 Å². The molecule has 2 unspecified atom stereocenters. The van der Waals surface area contributed by atoms with Crippen LogP contribution in [0.3, 0.4) is 0 Å². The fourth-order valence-electron chi connectivity index (χ4n) is 4.11. The molecule has 0 radical (unpaired) electrons. The Balaban J connectivity index is 1.75. The Hall–Kier alpha value is -2.31. The number of anilines is 1. The van der Waals surface area contributed by atoms with Crippen LogP contribution in [0.2, 0.25) is 0 Å². The van der Waals surface area contributed by atoms with E-state index in [-0.39, 0.29) is 5.91 Å². The van der Waals surface area contributed by atoms with Crippen molar-refractivity contribution in [3.8, 4) is 0 Å². The molecule has 2 atom stereocenters. The zero-order valence-corrected chi connectivity index (χ0v) is 22.0. The van der Waals surface area contributed by atoms with Crippen LogP contribution in [0.5, 0.6) is 0 Å². The SMILES string of the molecule is CCCCCCCCCc1ccc(C(CCC(O)CSc2ccc(NC(C)=O)cc2)C(=O)O)cc1. The summed E-state index contributed by atoms with van der Waals surface area (Å²) in [6.07, 6.45) is 10.2. The first-order chi connectivity index (χ1) is 16.9. The largest absolute Gasteiger partial charge is 0.481 e. The number of thioether (sulfide) groups is 1. The maximum absolute atomic E-state index is 11.9. The topological polar surface area (TPSA) is 86.6 Å². The molecule has 0 saturated heterocycles. The zero-order valence-electron chi connectivity index (χ0n) is 21.2. The van der Waals surface area contributed by atoms with Crippen molar-refractivity contribution in [1.29, 1.82) is 0 Å². The van der Waals surface area contributed by atoms with Gasteiger partial charge in [-0.3, -0.25) is 9.59 Å². The molecule has 35 heavy (non-hydrogen) atoms. The molecular formula is C29H41NO4S. The number of carbonyl (C=O) groups is 2. The van der Waals surface area contributed by atoms with Gasteiger partial charge in [-0.05, 0) is 61.1 Å². The molecule has 0 saturated carbocycles. The highest BCUT2D eigenvalue weighted by Crippen LogP contribution is 2.26. The minimum absolute atomic E-state index is 0.114. The molecule has 192 valence electrons. The Morgan fingerprint density at radius 2 is 1.51 bits per heavy atom. The second-order valence-electron chi connectivity index (χ2n) is 9.25. The normalized spacial score (nSPS) is 12.8. The Morgan fingerprint density at radius 1 is 0.886 bits per heavy atom. The number of carboxylic acids is 1. The van der Waals surface area contributed by atoms with E-state index >= 15 is 0 Å². The fourth-order valence-corrected chi connectivity index (χ4v) is 4.99. The predicted octanol–water partition coefficient (Wildman–Crippen LogP) is 7.04. The number of amides is 1. The lowest BCUT2D eigenvalue weighted by Crippen LogP contribution is -2.17. The monoisotopic (exact) mass is 499 g/mol. The van der Waals surface area contributed by atoms with E-state index in [1.165, 1.54) is 69.2 Å². The van der Waals surface area contributed by atoms with E-state index in [1.807, 2.05) is 36.4 Å². The summed E-state index contributed by atoms with van der Waals surface area (Å²) in [4.78, 5) is 24.0. The number of aliphatic hydroxyl groups excluding tert-OH is 1. The smallest absolute Gasteiger partial charge is 0.310 e. The number of hydrogen-bond acceptors (Lipinski definition) is 4. The van der Waals surface area contributed by atoms with Crippen molar-refractivity contribution in [2.75, 3.05) is 11.1 Å². The number of aryl methyl sites for hydroxylation is 1. The van der Waals surface area contributed by atoms with E-state index in [9.17, 15) is 19.8 Å². The number of nitrogens with one attached hydrogen (secondary N) is 1. The third-order valence-electron chi connectivity index (χ3n) is 6.15. The van der Waals surface area contributed by atoms with Gasteiger partial charge in [-0.1, -0.05) is 69.7 Å². The molecule has 5 nitrogen and oxygen atoms in total. The molecule has 2 aromatic rings. The van der Waals surface area contributed by atoms with Gasteiger partial charge in [-0.25, -0.2) is 0 Å². The molecule has 2 aromatic carbocycles. The highest BCUT2D eigenvalue weighted by atomic mass is 32.2. The van der Waals surface area contributed by atoms with Crippen LogP contribution >= 0.6 is 11.8 Å². The van der Waals surface area contributed by atoms with Gasteiger partial charge in [0.15, 0.2) is 0 Å². The van der Waals surface area contributed by atoms with E-state index in [0.29, 0.717) is 18.6 Å². The zero-order chi connectivity index (χ0) is 25.5. The highest BCUT2D eigenvalue weighted by molar-refractivity contribution is 7.99. The lowest BCUT2D eigenvalue weighted by molar-refractivity contribution is -0.139. The summed E-state index contributed by atoms with van der Waals surface area (Å²) >= 11 is 1.52. The number of hydrogen-bond donors (Lipinski definition) is 3. The van der Waals surface area contributed by atoms with Gasteiger partial charge in [0.25, 0.3) is 0 Å². The molecule has 6 heteroatoms. The van der Waals surface area contributed by atoms with Crippen molar-refractivity contribution >= 4 is 29.3 Å². The number of benzene rings is 2. The van der Waals surface area contributed by atoms with Crippen molar-refractivity contribution in [2.24, 2.45) is 0 Å².